The van der Waals surface area contributed by atoms with Crippen LogP contribution in [0.5, 0.6) is 0 Å². The summed E-state index contributed by atoms with van der Waals surface area (Å²) in [7, 11) is 0. The second kappa shape index (κ2) is 13.2. The van der Waals surface area contributed by atoms with Crippen molar-refractivity contribution < 1.29 is 19.2 Å². The van der Waals surface area contributed by atoms with Gasteiger partial charge in [0.2, 0.25) is 17.7 Å². The molecule has 37 heavy (non-hydrogen) atoms. The Morgan fingerprint density at radius 2 is 1.70 bits per heavy atom. The molecule has 8 nitrogen and oxygen atoms in total. The van der Waals surface area contributed by atoms with Gasteiger partial charge in [0.1, 0.15) is 11.6 Å². The third-order valence-corrected chi connectivity index (χ3v) is 9.20. The van der Waals surface area contributed by atoms with Crippen molar-refractivity contribution in [3.8, 4) is 0 Å². The molecule has 9 heteroatoms. The number of piperidine rings is 1. The summed E-state index contributed by atoms with van der Waals surface area (Å²) in [4.78, 5) is 55.6. The summed E-state index contributed by atoms with van der Waals surface area (Å²) in [6.07, 6.45) is 16.4. The van der Waals surface area contributed by atoms with E-state index in [1.807, 2.05) is 4.90 Å². The Hall–Kier alpha value is -2.03. The molecule has 3 unspecified atom stereocenters. The smallest absolute Gasteiger partial charge is 0.256 e. The zero-order valence-electron chi connectivity index (χ0n) is 22.3. The van der Waals surface area contributed by atoms with E-state index in [1.54, 1.807) is 4.90 Å². The normalized spacial score (nSPS) is 27.4. The number of nitrogens with one attached hydrogen (secondary N) is 2. The Bertz CT molecular complexity index is 870. The maximum absolute atomic E-state index is 13.4. The van der Waals surface area contributed by atoms with E-state index in [9.17, 15) is 19.2 Å². The van der Waals surface area contributed by atoms with E-state index in [0.717, 1.165) is 64.5 Å². The molecule has 4 rings (SSSR count). The zero-order valence-corrected chi connectivity index (χ0v) is 23.2. The van der Waals surface area contributed by atoms with Crippen LogP contribution in [0, 0.1) is 5.92 Å². The van der Waals surface area contributed by atoms with Crippen LogP contribution in [-0.2, 0) is 19.2 Å². The average Bonchev–Trinajstić information content (AvgIpc) is 3.82. The third kappa shape index (κ3) is 7.52. The number of rotatable bonds is 13. The molecule has 4 aliphatic rings. The van der Waals surface area contributed by atoms with Crippen molar-refractivity contribution in [1.82, 2.24) is 19.8 Å². The van der Waals surface area contributed by atoms with Crippen LogP contribution in [0.3, 0.4) is 0 Å². The van der Waals surface area contributed by atoms with Gasteiger partial charge >= 0.3 is 0 Å². The fourth-order valence-corrected chi connectivity index (χ4v) is 6.30. The minimum Gasteiger partial charge on any atom is -0.343 e. The Balaban J connectivity index is 1.32. The molecule has 2 saturated heterocycles. The van der Waals surface area contributed by atoms with Gasteiger partial charge in [-0.2, -0.15) is 0 Å². The van der Waals surface area contributed by atoms with Gasteiger partial charge in [-0.05, 0) is 76.2 Å². The number of likely N-dealkylation sites (tertiary alicyclic amines) is 2. The molecule has 2 N–H and O–H groups in total. The highest BCUT2D eigenvalue weighted by atomic mass is 32.2. The lowest BCUT2D eigenvalue weighted by Gasteiger charge is -2.28. The SMILES string of the molecule is CCCCC/C=C\C1CC1(NC(=O)C1CCCN1C(=O)CCC(=O)N1CCCCC1)C(=O)NSC1CC1. The molecule has 2 aliphatic carbocycles. The van der Waals surface area contributed by atoms with E-state index in [0.29, 0.717) is 24.6 Å². The van der Waals surface area contributed by atoms with Crippen molar-refractivity contribution >= 4 is 35.6 Å². The molecular weight excluding hydrogens is 488 g/mol. The summed E-state index contributed by atoms with van der Waals surface area (Å²) in [6.45, 7) is 4.25. The van der Waals surface area contributed by atoms with E-state index in [2.05, 4.69) is 29.1 Å². The molecule has 3 atom stereocenters. The number of carbonyl (C=O) groups excluding carboxylic acids is 4. The van der Waals surface area contributed by atoms with Crippen molar-refractivity contribution in [2.75, 3.05) is 19.6 Å². The Kier molecular flexibility index (Phi) is 9.96. The number of unbranched alkanes of at least 4 members (excludes halogenated alkanes) is 3. The molecular formula is C28H44N4O4S. The van der Waals surface area contributed by atoms with E-state index in [4.69, 9.17) is 0 Å². The second-order valence-electron chi connectivity index (χ2n) is 11.1. The first kappa shape index (κ1) is 28.0. The predicted molar refractivity (Wildman–Crippen MR) is 145 cm³/mol. The van der Waals surface area contributed by atoms with Gasteiger partial charge in [-0.15, -0.1) is 0 Å². The highest BCUT2D eigenvalue weighted by Crippen LogP contribution is 2.46. The van der Waals surface area contributed by atoms with Gasteiger partial charge in [-0.1, -0.05) is 31.9 Å². The van der Waals surface area contributed by atoms with E-state index < -0.39 is 11.6 Å². The molecule has 206 valence electrons. The maximum Gasteiger partial charge on any atom is 0.256 e. The van der Waals surface area contributed by atoms with E-state index >= 15 is 0 Å². The van der Waals surface area contributed by atoms with E-state index in [-0.39, 0.29) is 42.4 Å². The number of amides is 4. The largest absolute Gasteiger partial charge is 0.343 e. The van der Waals surface area contributed by atoms with Crippen LogP contribution in [0.1, 0.15) is 96.8 Å². The number of hydrogen-bond donors (Lipinski definition) is 2. The number of allylic oxidation sites excluding steroid dienone is 1. The van der Waals surface area contributed by atoms with Crippen molar-refractivity contribution in [1.29, 1.82) is 0 Å². The summed E-state index contributed by atoms with van der Waals surface area (Å²) < 4.78 is 2.99. The predicted octanol–water partition coefficient (Wildman–Crippen LogP) is 3.71. The first-order valence-corrected chi connectivity index (χ1v) is 15.3. The molecule has 0 bridgehead atoms. The third-order valence-electron chi connectivity index (χ3n) is 8.09. The molecule has 0 radical (unpaired) electrons. The number of carbonyl (C=O) groups is 4. The van der Waals surface area contributed by atoms with Gasteiger partial charge < -0.3 is 15.1 Å². The van der Waals surface area contributed by atoms with Crippen LogP contribution < -0.4 is 10.0 Å². The van der Waals surface area contributed by atoms with Crippen molar-refractivity contribution in [3.63, 3.8) is 0 Å². The van der Waals surface area contributed by atoms with Crippen molar-refractivity contribution in [2.45, 2.75) is 114 Å². The van der Waals surface area contributed by atoms with Crippen molar-refractivity contribution in [3.05, 3.63) is 12.2 Å². The quantitative estimate of drug-likeness (QED) is 0.214. The van der Waals surface area contributed by atoms with E-state index in [1.165, 1.54) is 24.8 Å². The molecule has 0 aromatic carbocycles. The number of nitrogens with zero attached hydrogens (tertiary/aromatic N) is 2. The van der Waals surface area contributed by atoms with Crippen LogP contribution in [0.4, 0.5) is 0 Å². The Morgan fingerprint density at radius 1 is 0.946 bits per heavy atom. The fraction of sp³-hybridized carbons (Fsp3) is 0.786. The van der Waals surface area contributed by atoms with Gasteiger partial charge in [0.25, 0.3) is 5.91 Å². The lowest BCUT2D eigenvalue weighted by molar-refractivity contribution is -0.141. The maximum atomic E-state index is 13.4. The fourth-order valence-electron chi connectivity index (χ4n) is 5.47. The minimum atomic E-state index is -0.929. The van der Waals surface area contributed by atoms with Crippen molar-refractivity contribution in [2.24, 2.45) is 5.92 Å². The first-order chi connectivity index (χ1) is 17.9. The average molecular weight is 533 g/mol. The Labute approximate surface area is 225 Å². The summed E-state index contributed by atoms with van der Waals surface area (Å²) >= 11 is 1.46. The lowest BCUT2D eigenvalue weighted by Crippen LogP contribution is -2.55. The van der Waals surface area contributed by atoms with Crippen LogP contribution in [0.15, 0.2) is 12.2 Å². The van der Waals surface area contributed by atoms with Crippen LogP contribution in [0.25, 0.3) is 0 Å². The zero-order chi connectivity index (χ0) is 26.3. The molecule has 2 heterocycles. The molecule has 2 aliphatic heterocycles. The summed E-state index contributed by atoms with van der Waals surface area (Å²) in [5.74, 6) is -0.520. The van der Waals surface area contributed by atoms with Crippen LogP contribution in [-0.4, -0.2) is 69.9 Å². The second-order valence-corrected chi connectivity index (χ2v) is 12.2. The van der Waals surface area contributed by atoms with Gasteiger partial charge in [0.15, 0.2) is 0 Å². The van der Waals surface area contributed by atoms with Gasteiger partial charge in [0, 0.05) is 43.6 Å². The van der Waals surface area contributed by atoms with Crippen LogP contribution >= 0.6 is 11.9 Å². The standard InChI is InChI=1S/C28H44N4O4S/c1-2-3-4-5-7-11-21-20-28(21,27(36)30-37-22-13-14-22)29-26(35)23-12-10-19-32(23)25(34)16-15-24(33)31-17-8-6-9-18-31/h7,11,21-23H,2-6,8-10,12-20H2,1H3,(H,29,35)(H,30,36)/b11-7-. The molecule has 0 spiro atoms. The highest BCUT2D eigenvalue weighted by molar-refractivity contribution is 7.98. The van der Waals surface area contributed by atoms with Gasteiger partial charge in [-0.25, -0.2) is 0 Å². The monoisotopic (exact) mass is 532 g/mol. The summed E-state index contributed by atoms with van der Waals surface area (Å²) in [6, 6.07) is -0.576. The topological polar surface area (TPSA) is 98.8 Å². The van der Waals surface area contributed by atoms with Gasteiger partial charge in [0.05, 0.1) is 0 Å². The molecule has 0 aromatic rings. The summed E-state index contributed by atoms with van der Waals surface area (Å²) in [5.41, 5.74) is -0.929. The summed E-state index contributed by atoms with van der Waals surface area (Å²) in [5, 5.41) is 3.55. The first-order valence-electron chi connectivity index (χ1n) is 14.5. The Morgan fingerprint density at radius 3 is 2.43 bits per heavy atom. The number of hydrogen-bond acceptors (Lipinski definition) is 5. The lowest BCUT2D eigenvalue weighted by atomic mass is 10.1. The minimum absolute atomic E-state index is 0.0226. The molecule has 0 aromatic heterocycles. The van der Waals surface area contributed by atoms with Gasteiger partial charge in [-0.3, -0.25) is 23.9 Å². The molecule has 4 fully saturated rings. The highest BCUT2D eigenvalue weighted by Gasteiger charge is 2.60. The van der Waals surface area contributed by atoms with Crippen LogP contribution in [0.2, 0.25) is 0 Å². The molecule has 4 amide bonds. The molecule has 2 saturated carbocycles.